The Balaban J connectivity index is 0.000000980. The zero-order valence-corrected chi connectivity index (χ0v) is 11.9. The molecule has 2 rings (SSSR count). The first-order chi connectivity index (χ1) is 6.07. The van der Waals surface area contributed by atoms with Crippen LogP contribution in [0.5, 0.6) is 0 Å². The van der Waals surface area contributed by atoms with Crippen molar-refractivity contribution in [1.82, 2.24) is 4.31 Å². The summed E-state index contributed by atoms with van der Waals surface area (Å²) < 4.78 is 2.41. The summed E-state index contributed by atoms with van der Waals surface area (Å²) in [6, 6.07) is 9.34. The quantitative estimate of drug-likeness (QED) is 0.447. The molecule has 1 aromatic rings. The van der Waals surface area contributed by atoms with E-state index in [0.717, 1.165) is 6.54 Å². The fourth-order valence-electron chi connectivity index (χ4n) is 1.34. The van der Waals surface area contributed by atoms with Gasteiger partial charge in [0, 0.05) is 5.54 Å². The van der Waals surface area contributed by atoms with Crippen LogP contribution in [0.1, 0.15) is 26.3 Å². The van der Waals surface area contributed by atoms with E-state index in [1.165, 1.54) is 10.5 Å². The fourth-order valence-corrected chi connectivity index (χ4v) is 2.43. The largest absolute Gasteiger partial charge is 0.250 e. The Hall–Kier alpha value is -1.47. The molecule has 0 saturated carbocycles. The van der Waals surface area contributed by atoms with Crippen LogP contribution in [-0.4, -0.2) is 9.84 Å². The third-order valence-corrected chi connectivity index (χ3v) is 3.67. The Bertz CT molecular complexity index is 294. The molecular weight excluding hydrogens is 430 g/mol. The Morgan fingerprint density at radius 1 is 1.43 bits per heavy atom. The minimum Gasteiger partial charge on any atom is -0.250 e. The molecule has 0 aliphatic carbocycles. The second-order valence-corrected chi connectivity index (χ2v) is 5.40. The molecule has 0 aromatic heterocycles. The molecule has 0 N–H and O–H groups in total. The first-order valence-electron chi connectivity index (χ1n) is 4.52. The van der Waals surface area contributed by atoms with Crippen molar-refractivity contribution in [2.45, 2.75) is 37.8 Å². The molecule has 3 heteroatoms. The molecule has 0 fully saturated rings. The number of rotatable bonds is 0. The maximum atomic E-state index is 3.12. The van der Waals surface area contributed by atoms with E-state index in [4.69, 9.17) is 0 Å². The molecule has 0 atom stereocenters. The molecule has 0 unspecified atom stereocenters. The zero-order valence-electron chi connectivity index (χ0n) is 8.60. The van der Waals surface area contributed by atoms with Crippen LogP contribution in [0.15, 0.2) is 23.1 Å². The van der Waals surface area contributed by atoms with Gasteiger partial charge in [-0.2, -0.15) is 24.3 Å². The molecule has 81 valence electrons. The number of hydrogen-bond acceptors (Lipinski definition) is 2. The Kier molecular flexibility index (Phi) is 2.54. The summed E-state index contributed by atoms with van der Waals surface area (Å²) in [5.41, 5.74) is 1.64. The molecule has 1 heterocycles. The van der Waals surface area contributed by atoms with Gasteiger partial charge in [0.25, 0.3) is 0 Å². The molecule has 1 aliphatic rings. The molecule has 0 spiro atoms. The number of fused-ring (bicyclic) bond motifs is 1. The van der Waals surface area contributed by atoms with Crippen LogP contribution >= 0.6 is 11.9 Å². The van der Waals surface area contributed by atoms with Crippen LogP contribution in [0, 0.1) is 6.07 Å². The maximum absolute atomic E-state index is 3.12. The van der Waals surface area contributed by atoms with Crippen LogP contribution in [0.2, 0.25) is 0 Å². The van der Waals surface area contributed by atoms with Crippen LogP contribution in [0.25, 0.3) is 0 Å². The summed E-state index contributed by atoms with van der Waals surface area (Å²) >= 11 is 1.86. The Morgan fingerprint density at radius 3 is 2.71 bits per heavy atom. The van der Waals surface area contributed by atoms with E-state index in [-0.39, 0.29) is 5.54 Å². The standard InChI is InChI=1S/C11H14NS.Es/c1-11(2,3)12-8-9-6-4-5-7-10(9)13-12;/h5-7H,8H2,1-3H3;/q-1;. The summed E-state index contributed by atoms with van der Waals surface area (Å²) in [4.78, 5) is 1.38. The van der Waals surface area contributed by atoms with Gasteiger partial charge in [0.15, 0.2) is 0 Å². The predicted octanol–water partition coefficient (Wildman–Crippen LogP) is 3.11. The van der Waals surface area contributed by atoms with Crippen molar-refractivity contribution in [3.05, 3.63) is 29.8 Å². The van der Waals surface area contributed by atoms with E-state index in [1.807, 2.05) is 18.0 Å². The minimum atomic E-state index is 0. The van der Waals surface area contributed by atoms with Crippen LogP contribution < -0.4 is 0 Å². The number of benzene rings is 1. The van der Waals surface area contributed by atoms with Gasteiger partial charge in [-0.25, -0.2) is 4.31 Å². The van der Waals surface area contributed by atoms with E-state index in [0.29, 0.717) is 0 Å². The molecule has 0 amide bonds. The molecule has 0 bridgehead atoms. The first-order valence-corrected chi connectivity index (χ1v) is 5.29. The van der Waals surface area contributed by atoms with E-state index in [1.54, 1.807) is 0 Å². The molecule has 1 radical (unpaired) electrons. The second-order valence-electron chi connectivity index (χ2n) is 4.33. The smallest absolute Gasteiger partial charge is 0.0223 e. The average Bonchev–Trinajstić information content (AvgIpc) is 2.45. The van der Waals surface area contributed by atoms with E-state index in [9.17, 15) is 0 Å². The third-order valence-electron chi connectivity index (χ3n) is 2.18. The molecule has 1 aromatic carbocycles. The third kappa shape index (κ3) is 1.73. The van der Waals surface area contributed by atoms with Gasteiger partial charge in [0.2, 0.25) is 0 Å². The number of hydrogen-bond donors (Lipinski definition) is 0. The van der Waals surface area contributed by atoms with E-state index < -0.39 is 0 Å². The molecule has 1 aliphatic heterocycles. The summed E-state index contributed by atoms with van der Waals surface area (Å²) in [7, 11) is 0. The van der Waals surface area contributed by atoms with Crippen molar-refractivity contribution in [3.63, 3.8) is 0 Å². The molecule has 1 nitrogen and oxygen atoms in total. The van der Waals surface area contributed by atoms with Crippen molar-refractivity contribution >= 4 is 11.9 Å². The van der Waals surface area contributed by atoms with Crippen molar-refractivity contribution < 1.29 is 0 Å². The molecular formula is C11H14EsNS-. The van der Waals surface area contributed by atoms with Gasteiger partial charge in [-0.15, -0.1) is 5.56 Å². The van der Waals surface area contributed by atoms with Crippen molar-refractivity contribution in [2.75, 3.05) is 0 Å². The summed E-state index contributed by atoms with van der Waals surface area (Å²) in [5.74, 6) is 0. The van der Waals surface area contributed by atoms with E-state index >= 15 is 0 Å². The van der Waals surface area contributed by atoms with Crippen molar-refractivity contribution in [1.29, 1.82) is 0 Å². The van der Waals surface area contributed by atoms with Gasteiger partial charge in [0.05, 0.1) is 0 Å². The topological polar surface area (TPSA) is 3.24 Å². The number of nitrogens with zero attached hydrogens (tertiary/aromatic N) is 1. The first kappa shape index (κ1) is 10.6. The SMILES string of the molecule is CC(C)(C)N1Cc2c[c-]ccc2S1.[Es]. The van der Waals surface area contributed by atoms with Crippen LogP contribution in [-0.2, 0) is 6.54 Å². The van der Waals surface area contributed by atoms with Gasteiger partial charge in [0.1, 0.15) is 0 Å². The van der Waals surface area contributed by atoms with Gasteiger partial charge < -0.3 is 0 Å². The normalized spacial score (nSPS) is 16.2. The van der Waals surface area contributed by atoms with Crippen molar-refractivity contribution in [2.24, 2.45) is 0 Å². The van der Waals surface area contributed by atoms with Gasteiger partial charge in [-0.3, -0.25) is 0 Å². The average molecular weight is 444 g/mol. The minimum absolute atomic E-state index is 0. The van der Waals surface area contributed by atoms with Gasteiger partial charge >= 0.3 is 0 Å². The predicted molar refractivity (Wildman–Crippen MR) is 56.4 cm³/mol. The maximum Gasteiger partial charge on any atom is 0.0223 e. The Morgan fingerprint density at radius 2 is 2.14 bits per heavy atom. The van der Waals surface area contributed by atoms with Crippen LogP contribution in [0.4, 0.5) is 0 Å². The zero-order chi connectivity index (χ0) is 9.47. The summed E-state index contributed by atoms with van der Waals surface area (Å²) in [6.45, 7) is 7.78. The van der Waals surface area contributed by atoms with Gasteiger partial charge in [-0.1, -0.05) is 16.8 Å². The van der Waals surface area contributed by atoms with E-state index in [2.05, 4.69) is 43.3 Å². The Labute approximate surface area is 84.3 Å². The molecule has 0 saturated heterocycles. The summed E-state index contributed by atoms with van der Waals surface area (Å²) in [5, 5.41) is 0. The second kappa shape index (κ2) is 3.35. The van der Waals surface area contributed by atoms with Crippen LogP contribution in [0.3, 0.4) is 0 Å². The molecule has 14 heavy (non-hydrogen) atoms. The monoisotopic (exact) mass is 444 g/mol. The van der Waals surface area contributed by atoms with Gasteiger partial charge in [-0.05, 0) is 27.3 Å². The van der Waals surface area contributed by atoms with Crippen molar-refractivity contribution in [3.8, 4) is 0 Å². The fraction of sp³-hybridized carbons (Fsp3) is 0.455. The summed E-state index contributed by atoms with van der Waals surface area (Å²) in [6.07, 6.45) is 0.